The van der Waals surface area contributed by atoms with E-state index >= 15 is 0 Å². The molecule has 18 heavy (non-hydrogen) atoms. The Morgan fingerprint density at radius 2 is 1.94 bits per heavy atom. The number of para-hydroxylation sites is 2. The van der Waals surface area contributed by atoms with Gasteiger partial charge in [0.1, 0.15) is 0 Å². The summed E-state index contributed by atoms with van der Waals surface area (Å²) < 4.78 is 0. The number of carbonyl (C=O) groups excluding carboxylic acids is 1. The van der Waals surface area contributed by atoms with Gasteiger partial charge in [-0.3, -0.25) is 4.79 Å². The third-order valence-corrected chi connectivity index (χ3v) is 3.05. The molecule has 3 nitrogen and oxygen atoms in total. The van der Waals surface area contributed by atoms with Gasteiger partial charge < -0.3 is 11.1 Å². The molecule has 2 rings (SSSR count). The molecule has 3 N–H and O–H groups in total. The highest BCUT2D eigenvalue weighted by Gasteiger charge is 2.08. The monoisotopic (exact) mass is 260 g/mol. The summed E-state index contributed by atoms with van der Waals surface area (Å²) in [5.74, 6) is -0.227. The van der Waals surface area contributed by atoms with E-state index in [9.17, 15) is 4.79 Å². The van der Waals surface area contributed by atoms with Gasteiger partial charge in [0.05, 0.1) is 11.4 Å². The molecule has 0 atom stereocenters. The second kappa shape index (κ2) is 5.10. The fourth-order valence-electron chi connectivity index (χ4n) is 1.54. The maximum Gasteiger partial charge on any atom is 0.255 e. The predicted octanol–water partition coefficient (Wildman–Crippen LogP) is 3.48. The Morgan fingerprint density at radius 3 is 2.61 bits per heavy atom. The lowest BCUT2D eigenvalue weighted by Crippen LogP contribution is -2.13. The molecule has 0 bridgehead atoms. The molecule has 0 unspecified atom stereocenters. The maximum absolute atomic E-state index is 12.0. The van der Waals surface area contributed by atoms with Crippen molar-refractivity contribution < 1.29 is 4.79 Å². The van der Waals surface area contributed by atoms with Crippen molar-refractivity contribution in [1.82, 2.24) is 0 Å². The molecule has 0 aliphatic carbocycles. The Labute approximate surface area is 111 Å². The first-order valence-electron chi connectivity index (χ1n) is 5.50. The fraction of sp³-hybridized carbons (Fsp3) is 0.0714. The van der Waals surface area contributed by atoms with E-state index in [1.807, 2.05) is 25.1 Å². The molecule has 4 heteroatoms. The van der Waals surface area contributed by atoms with Crippen molar-refractivity contribution >= 4 is 28.9 Å². The van der Waals surface area contributed by atoms with Crippen molar-refractivity contribution in [2.45, 2.75) is 6.92 Å². The van der Waals surface area contributed by atoms with Crippen molar-refractivity contribution in [1.29, 1.82) is 0 Å². The smallest absolute Gasteiger partial charge is 0.255 e. The molecule has 2 aromatic carbocycles. The number of rotatable bonds is 2. The van der Waals surface area contributed by atoms with Gasteiger partial charge in [-0.05, 0) is 36.8 Å². The number of nitrogens with one attached hydrogen (secondary N) is 1. The number of hydrogen-bond donors (Lipinski definition) is 2. The van der Waals surface area contributed by atoms with Crippen LogP contribution in [-0.2, 0) is 0 Å². The van der Waals surface area contributed by atoms with Crippen LogP contribution in [-0.4, -0.2) is 5.91 Å². The van der Waals surface area contributed by atoms with Crippen LogP contribution < -0.4 is 11.1 Å². The first-order valence-corrected chi connectivity index (χ1v) is 5.88. The Kier molecular flexibility index (Phi) is 3.53. The van der Waals surface area contributed by atoms with E-state index in [0.29, 0.717) is 22.0 Å². The summed E-state index contributed by atoms with van der Waals surface area (Å²) in [5.41, 5.74) is 8.33. The molecular weight excluding hydrogens is 248 g/mol. The van der Waals surface area contributed by atoms with Crippen LogP contribution in [0.15, 0.2) is 42.5 Å². The van der Waals surface area contributed by atoms with Crippen LogP contribution >= 0.6 is 11.6 Å². The van der Waals surface area contributed by atoms with Crippen molar-refractivity contribution in [3.05, 3.63) is 58.6 Å². The van der Waals surface area contributed by atoms with E-state index in [2.05, 4.69) is 5.32 Å². The summed E-state index contributed by atoms with van der Waals surface area (Å²) in [5, 5.41) is 3.32. The molecular formula is C14H13ClN2O. The third-order valence-electron chi connectivity index (χ3n) is 2.64. The molecule has 92 valence electrons. The summed E-state index contributed by atoms with van der Waals surface area (Å²) in [6.07, 6.45) is 0. The van der Waals surface area contributed by atoms with Crippen LogP contribution in [0.25, 0.3) is 0 Å². The fourth-order valence-corrected chi connectivity index (χ4v) is 1.72. The van der Waals surface area contributed by atoms with E-state index in [4.69, 9.17) is 17.3 Å². The van der Waals surface area contributed by atoms with Crippen LogP contribution in [0.3, 0.4) is 0 Å². The minimum absolute atomic E-state index is 0.227. The summed E-state index contributed by atoms with van der Waals surface area (Å²) in [7, 11) is 0. The topological polar surface area (TPSA) is 55.1 Å². The van der Waals surface area contributed by atoms with Gasteiger partial charge >= 0.3 is 0 Å². The van der Waals surface area contributed by atoms with Crippen LogP contribution in [0, 0.1) is 6.92 Å². The zero-order chi connectivity index (χ0) is 13.1. The third kappa shape index (κ3) is 2.63. The summed E-state index contributed by atoms with van der Waals surface area (Å²) >= 11 is 5.99. The van der Waals surface area contributed by atoms with E-state index < -0.39 is 0 Å². The first-order chi connectivity index (χ1) is 8.58. The van der Waals surface area contributed by atoms with Gasteiger partial charge in [0.15, 0.2) is 0 Å². The SMILES string of the molecule is Cc1ccc(C(=O)Nc2ccccc2N)cc1Cl. The molecule has 0 aliphatic rings. The number of benzene rings is 2. The minimum Gasteiger partial charge on any atom is -0.397 e. The van der Waals surface area contributed by atoms with Gasteiger partial charge in [0.2, 0.25) is 0 Å². The lowest BCUT2D eigenvalue weighted by molar-refractivity contribution is 0.102. The Bertz CT molecular complexity index is 596. The standard InChI is InChI=1S/C14H13ClN2O/c1-9-6-7-10(8-11(9)15)14(18)17-13-5-3-2-4-12(13)16/h2-8H,16H2,1H3,(H,17,18). The van der Waals surface area contributed by atoms with Crippen LogP contribution in [0.2, 0.25) is 5.02 Å². The number of anilines is 2. The second-order valence-corrected chi connectivity index (χ2v) is 4.41. The lowest BCUT2D eigenvalue weighted by Gasteiger charge is -2.08. The highest BCUT2D eigenvalue weighted by molar-refractivity contribution is 6.31. The number of aryl methyl sites for hydroxylation is 1. The highest BCUT2D eigenvalue weighted by Crippen LogP contribution is 2.20. The van der Waals surface area contributed by atoms with Crippen LogP contribution in [0.1, 0.15) is 15.9 Å². The second-order valence-electron chi connectivity index (χ2n) is 4.01. The highest BCUT2D eigenvalue weighted by atomic mass is 35.5. The summed E-state index contributed by atoms with van der Waals surface area (Å²) in [6, 6.07) is 12.3. The Morgan fingerprint density at radius 1 is 1.22 bits per heavy atom. The molecule has 0 aromatic heterocycles. The molecule has 0 heterocycles. The first kappa shape index (κ1) is 12.5. The zero-order valence-corrected chi connectivity index (χ0v) is 10.7. The molecule has 0 aliphatic heterocycles. The Balaban J connectivity index is 2.22. The lowest BCUT2D eigenvalue weighted by atomic mass is 10.1. The van der Waals surface area contributed by atoms with E-state index in [1.54, 1.807) is 24.3 Å². The molecule has 0 fully saturated rings. The minimum atomic E-state index is -0.227. The van der Waals surface area contributed by atoms with Crippen molar-refractivity contribution in [3.8, 4) is 0 Å². The summed E-state index contributed by atoms with van der Waals surface area (Å²) in [6.45, 7) is 1.89. The number of amides is 1. The maximum atomic E-state index is 12.0. The number of carbonyl (C=O) groups is 1. The van der Waals surface area contributed by atoms with E-state index in [1.165, 1.54) is 0 Å². The number of nitrogens with two attached hydrogens (primary N) is 1. The summed E-state index contributed by atoms with van der Waals surface area (Å²) in [4.78, 5) is 12.0. The predicted molar refractivity (Wildman–Crippen MR) is 75.0 cm³/mol. The van der Waals surface area contributed by atoms with Crippen molar-refractivity contribution in [2.75, 3.05) is 11.1 Å². The van der Waals surface area contributed by atoms with Gasteiger partial charge in [-0.25, -0.2) is 0 Å². The largest absolute Gasteiger partial charge is 0.397 e. The number of nitrogen functional groups attached to an aromatic ring is 1. The Hall–Kier alpha value is -2.00. The van der Waals surface area contributed by atoms with Crippen molar-refractivity contribution in [2.24, 2.45) is 0 Å². The number of hydrogen-bond acceptors (Lipinski definition) is 2. The normalized spacial score (nSPS) is 10.1. The van der Waals surface area contributed by atoms with Crippen molar-refractivity contribution in [3.63, 3.8) is 0 Å². The van der Waals surface area contributed by atoms with E-state index in [0.717, 1.165) is 5.56 Å². The molecule has 1 amide bonds. The quantitative estimate of drug-likeness (QED) is 0.812. The zero-order valence-electron chi connectivity index (χ0n) is 9.91. The van der Waals surface area contributed by atoms with Gasteiger partial charge in [0, 0.05) is 10.6 Å². The number of halogens is 1. The van der Waals surface area contributed by atoms with Gasteiger partial charge in [-0.1, -0.05) is 29.8 Å². The van der Waals surface area contributed by atoms with Gasteiger partial charge in [0.25, 0.3) is 5.91 Å². The van der Waals surface area contributed by atoms with Gasteiger partial charge in [-0.2, -0.15) is 0 Å². The average molecular weight is 261 g/mol. The van der Waals surface area contributed by atoms with Crippen LogP contribution in [0.4, 0.5) is 11.4 Å². The van der Waals surface area contributed by atoms with Gasteiger partial charge in [-0.15, -0.1) is 0 Å². The van der Waals surface area contributed by atoms with E-state index in [-0.39, 0.29) is 5.91 Å². The average Bonchev–Trinajstić information content (AvgIpc) is 2.35. The molecule has 0 saturated heterocycles. The van der Waals surface area contributed by atoms with Crippen LogP contribution in [0.5, 0.6) is 0 Å². The molecule has 2 aromatic rings. The molecule has 0 spiro atoms. The molecule has 0 saturated carbocycles. The molecule has 0 radical (unpaired) electrons.